The summed E-state index contributed by atoms with van der Waals surface area (Å²) in [6.45, 7) is 5.22. The van der Waals surface area contributed by atoms with Gasteiger partial charge in [0.1, 0.15) is 0 Å². The smallest absolute Gasteiger partial charge is 0.0659 e. The Morgan fingerprint density at radius 1 is 1.50 bits per heavy atom. The minimum Gasteiger partial charge on any atom is -0.323 e. The summed E-state index contributed by atoms with van der Waals surface area (Å²) in [5.74, 6) is 0.690. The molecule has 0 spiro atoms. The molecule has 0 amide bonds. The van der Waals surface area contributed by atoms with Gasteiger partial charge in [-0.3, -0.25) is 4.68 Å². The number of aryl methyl sites for hydroxylation is 1. The van der Waals surface area contributed by atoms with Gasteiger partial charge in [0.05, 0.1) is 11.4 Å². The van der Waals surface area contributed by atoms with Gasteiger partial charge in [0.2, 0.25) is 0 Å². The molecule has 2 N–H and O–H groups in total. The number of rotatable bonds is 4. The van der Waals surface area contributed by atoms with Gasteiger partial charge in [-0.1, -0.05) is 19.8 Å². The molecule has 0 aromatic carbocycles. The summed E-state index contributed by atoms with van der Waals surface area (Å²) < 4.78 is 2.11. The molecule has 16 heavy (non-hydrogen) atoms. The minimum atomic E-state index is 0.0919. The highest BCUT2D eigenvalue weighted by atomic mass is 15.3. The summed E-state index contributed by atoms with van der Waals surface area (Å²) in [7, 11) is 0. The lowest BCUT2D eigenvalue weighted by Crippen LogP contribution is -2.13. The van der Waals surface area contributed by atoms with E-state index in [0.29, 0.717) is 5.92 Å². The van der Waals surface area contributed by atoms with Crippen molar-refractivity contribution in [2.24, 2.45) is 5.73 Å². The van der Waals surface area contributed by atoms with Gasteiger partial charge in [-0.25, -0.2) is 0 Å². The lowest BCUT2D eigenvalue weighted by molar-refractivity contribution is 0.539. The molecule has 1 aromatic heterocycles. The molecule has 1 unspecified atom stereocenters. The second-order valence-electron chi connectivity index (χ2n) is 4.99. The van der Waals surface area contributed by atoms with Crippen LogP contribution in [0.25, 0.3) is 0 Å². The van der Waals surface area contributed by atoms with Crippen LogP contribution in [0.4, 0.5) is 0 Å². The second-order valence-corrected chi connectivity index (χ2v) is 4.99. The predicted octanol–water partition coefficient (Wildman–Crippen LogP) is 2.97. The molecular formula is C13H23N3. The Bertz CT molecular complexity index is 335. The first kappa shape index (κ1) is 11.6. The van der Waals surface area contributed by atoms with Gasteiger partial charge in [-0.2, -0.15) is 5.10 Å². The molecule has 3 heteroatoms. The maximum Gasteiger partial charge on any atom is 0.0659 e. The van der Waals surface area contributed by atoms with Gasteiger partial charge in [-0.15, -0.1) is 0 Å². The molecule has 1 saturated carbocycles. The van der Waals surface area contributed by atoms with E-state index >= 15 is 0 Å². The first-order chi connectivity index (χ1) is 7.72. The number of hydrogen-bond acceptors (Lipinski definition) is 2. The minimum absolute atomic E-state index is 0.0919. The number of aromatic nitrogens is 2. The summed E-state index contributed by atoms with van der Waals surface area (Å²) in [4.78, 5) is 0. The summed E-state index contributed by atoms with van der Waals surface area (Å²) in [6.07, 6.45) is 6.45. The first-order valence-electron chi connectivity index (χ1n) is 6.55. The molecule has 1 fully saturated rings. The summed E-state index contributed by atoms with van der Waals surface area (Å²) >= 11 is 0. The van der Waals surface area contributed by atoms with Gasteiger partial charge < -0.3 is 5.73 Å². The average molecular weight is 221 g/mol. The molecule has 0 radical (unpaired) electrons. The molecule has 0 saturated heterocycles. The molecule has 1 heterocycles. The molecule has 0 aliphatic heterocycles. The van der Waals surface area contributed by atoms with Crippen molar-refractivity contribution in [1.82, 2.24) is 9.78 Å². The molecule has 1 aromatic rings. The zero-order chi connectivity index (χ0) is 11.5. The highest BCUT2D eigenvalue weighted by Crippen LogP contribution is 2.34. The Morgan fingerprint density at radius 3 is 2.75 bits per heavy atom. The Labute approximate surface area is 98.0 Å². The van der Waals surface area contributed by atoms with Gasteiger partial charge in [0, 0.05) is 18.5 Å². The topological polar surface area (TPSA) is 43.8 Å². The van der Waals surface area contributed by atoms with Gasteiger partial charge in [-0.05, 0) is 32.3 Å². The van der Waals surface area contributed by atoms with E-state index in [2.05, 4.69) is 17.7 Å². The Hall–Kier alpha value is -0.830. The van der Waals surface area contributed by atoms with Crippen LogP contribution in [0.5, 0.6) is 0 Å². The van der Waals surface area contributed by atoms with E-state index < -0.39 is 0 Å². The molecule has 1 aliphatic rings. The van der Waals surface area contributed by atoms with E-state index in [4.69, 9.17) is 10.8 Å². The normalized spacial score (nSPS) is 19.2. The molecule has 3 nitrogen and oxygen atoms in total. The summed E-state index contributed by atoms with van der Waals surface area (Å²) in [5.41, 5.74) is 8.47. The van der Waals surface area contributed by atoms with E-state index in [0.717, 1.165) is 13.0 Å². The quantitative estimate of drug-likeness (QED) is 0.849. The van der Waals surface area contributed by atoms with Crippen LogP contribution < -0.4 is 5.73 Å². The Morgan fingerprint density at radius 2 is 2.19 bits per heavy atom. The van der Waals surface area contributed by atoms with Crippen molar-refractivity contribution >= 4 is 0 Å². The van der Waals surface area contributed by atoms with E-state index in [-0.39, 0.29) is 6.04 Å². The van der Waals surface area contributed by atoms with E-state index in [9.17, 15) is 0 Å². The fraction of sp³-hybridized carbons (Fsp3) is 0.769. The fourth-order valence-corrected chi connectivity index (χ4v) is 2.63. The van der Waals surface area contributed by atoms with E-state index in [1.807, 2.05) is 6.92 Å². The van der Waals surface area contributed by atoms with Gasteiger partial charge >= 0.3 is 0 Å². The van der Waals surface area contributed by atoms with Crippen molar-refractivity contribution in [2.45, 2.75) is 64.5 Å². The number of hydrogen-bond donors (Lipinski definition) is 1. The highest BCUT2D eigenvalue weighted by molar-refractivity contribution is 5.18. The zero-order valence-corrected chi connectivity index (χ0v) is 10.4. The molecular weight excluding hydrogens is 198 g/mol. The van der Waals surface area contributed by atoms with Gasteiger partial charge in [0.15, 0.2) is 0 Å². The molecule has 0 bridgehead atoms. The maximum absolute atomic E-state index is 6.00. The van der Waals surface area contributed by atoms with Crippen molar-refractivity contribution < 1.29 is 0 Å². The molecule has 1 aliphatic carbocycles. The first-order valence-corrected chi connectivity index (χ1v) is 6.55. The van der Waals surface area contributed by atoms with Crippen LogP contribution >= 0.6 is 0 Å². The highest BCUT2D eigenvalue weighted by Gasteiger charge is 2.21. The lowest BCUT2D eigenvalue weighted by Gasteiger charge is -2.08. The molecule has 90 valence electrons. The van der Waals surface area contributed by atoms with Crippen molar-refractivity contribution in [3.8, 4) is 0 Å². The van der Waals surface area contributed by atoms with Crippen molar-refractivity contribution in [2.75, 3.05) is 0 Å². The van der Waals surface area contributed by atoms with Crippen LogP contribution in [0.15, 0.2) is 6.07 Å². The second kappa shape index (κ2) is 5.00. The number of nitrogens with two attached hydrogens (primary N) is 1. The predicted molar refractivity (Wildman–Crippen MR) is 66.3 cm³/mol. The average Bonchev–Trinajstić information content (AvgIpc) is 2.83. The van der Waals surface area contributed by atoms with Crippen LogP contribution in [-0.4, -0.2) is 9.78 Å². The fourth-order valence-electron chi connectivity index (χ4n) is 2.63. The molecule has 1 atom stereocenters. The van der Waals surface area contributed by atoms with Gasteiger partial charge in [0.25, 0.3) is 0 Å². The Kier molecular flexibility index (Phi) is 3.64. The molecule has 2 rings (SSSR count). The SMILES string of the molecule is CCCn1nc(C2CCCC2)cc1C(C)N. The van der Waals surface area contributed by atoms with Crippen LogP contribution in [0.1, 0.15) is 69.3 Å². The summed E-state index contributed by atoms with van der Waals surface area (Å²) in [5, 5.41) is 4.74. The van der Waals surface area contributed by atoms with Crippen LogP contribution in [0.2, 0.25) is 0 Å². The van der Waals surface area contributed by atoms with Crippen LogP contribution in [-0.2, 0) is 6.54 Å². The summed E-state index contributed by atoms with van der Waals surface area (Å²) in [6, 6.07) is 2.32. The van der Waals surface area contributed by atoms with E-state index in [1.54, 1.807) is 0 Å². The standard InChI is InChI=1S/C13H23N3/c1-3-8-16-13(10(2)14)9-12(15-16)11-6-4-5-7-11/h9-11H,3-8,14H2,1-2H3. The monoisotopic (exact) mass is 221 g/mol. The third-order valence-corrected chi connectivity index (χ3v) is 3.51. The third kappa shape index (κ3) is 2.29. The van der Waals surface area contributed by atoms with Crippen LogP contribution in [0, 0.1) is 0 Å². The van der Waals surface area contributed by atoms with Crippen molar-refractivity contribution in [1.29, 1.82) is 0 Å². The lowest BCUT2D eigenvalue weighted by atomic mass is 10.0. The number of nitrogens with zero attached hydrogens (tertiary/aromatic N) is 2. The Balaban J connectivity index is 2.22. The van der Waals surface area contributed by atoms with E-state index in [1.165, 1.54) is 37.1 Å². The zero-order valence-electron chi connectivity index (χ0n) is 10.4. The van der Waals surface area contributed by atoms with Crippen LogP contribution in [0.3, 0.4) is 0 Å². The maximum atomic E-state index is 6.00. The largest absolute Gasteiger partial charge is 0.323 e. The van der Waals surface area contributed by atoms with Crippen molar-refractivity contribution in [3.63, 3.8) is 0 Å². The van der Waals surface area contributed by atoms with Crippen molar-refractivity contribution in [3.05, 3.63) is 17.5 Å². The third-order valence-electron chi connectivity index (χ3n) is 3.51.